The molecule has 34 heavy (non-hydrogen) atoms. The smallest absolute Gasteiger partial charge is 0.254 e. The second-order valence-corrected chi connectivity index (χ2v) is 8.89. The van der Waals surface area contributed by atoms with Gasteiger partial charge in [0.2, 0.25) is 5.91 Å². The zero-order valence-corrected chi connectivity index (χ0v) is 19.8. The van der Waals surface area contributed by atoms with Crippen LogP contribution in [0, 0.1) is 25.2 Å². The van der Waals surface area contributed by atoms with E-state index in [2.05, 4.69) is 17.0 Å². The van der Waals surface area contributed by atoms with Crippen LogP contribution in [0.3, 0.4) is 0 Å². The first-order chi connectivity index (χ1) is 16.5. The van der Waals surface area contributed by atoms with E-state index in [-0.39, 0.29) is 24.8 Å². The minimum absolute atomic E-state index is 0.0194. The van der Waals surface area contributed by atoms with E-state index in [9.17, 15) is 9.59 Å². The lowest BCUT2D eigenvalue weighted by molar-refractivity contribution is -0.120. The molecule has 1 heterocycles. The van der Waals surface area contributed by atoms with Crippen LogP contribution in [-0.2, 0) is 4.79 Å². The monoisotopic (exact) mass is 454 g/mol. The first-order valence-corrected chi connectivity index (χ1v) is 11.7. The Morgan fingerprint density at radius 1 is 0.941 bits per heavy atom. The molecule has 2 amide bonds. The zero-order chi connectivity index (χ0) is 24.1. The van der Waals surface area contributed by atoms with Crippen molar-refractivity contribution in [2.24, 2.45) is 0 Å². The molecule has 0 unspecified atom stereocenters. The van der Waals surface area contributed by atoms with Crippen LogP contribution in [0.15, 0.2) is 60.7 Å². The Hall–Kier alpha value is -3.69. The molecule has 1 fully saturated rings. The molecule has 0 atom stereocenters. The Morgan fingerprint density at radius 3 is 2.32 bits per heavy atom. The van der Waals surface area contributed by atoms with E-state index in [1.54, 1.807) is 4.90 Å². The van der Waals surface area contributed by atoms with Gasteiger partial charge in [0.1, 0.15) is 0 Å². The number of rotatable bonds is 6. The van der Waals surface area contributed by atoms with Crippen LogP contribution in [0.4, 0.5) is 5.69 Å². The topological polar surface area (TPSA) is 67.7 Å². The van der Waals surface area contributed by atoms with E-state index in [1.807, 2.05) is 73.3 Å². The summed E-state index contributed by atoms with van der Waals surface area (Å²) in [4.78, 5) is 32.1. The summed E-state index contributed by atoms with van der Waals surface area (Å²) in [5.41, 5.74) is 3.73. The van der Waals surface area contributed by atoms with Gasteiger partial charge in [-0.05, 0) is 53.9 Å². The van der Waals surface area contributed by atoms with Gasteiger partial charge in [0.15, 0.2) is 0 Å². The van der Waals surface area contributed by atoms with Gasteiger partial charge >= 0.3 is 0 Å². The predicted molar refractivity (Wildman–Crippen MR) is 135 cm³/mol. The summed E-state index contributed by atoms with van der Waals surface area (Å²) < 4.78 is 0. The van der Waals surface area contributed by atoms with Crippen LogP contribution in [0.1, 0.15) is 27.9 Å². The van der Waals surface area contributed by atoms with Gasteiger partial charge < -0.3 is 9.80 Å². The van der Waals surface area contributed by atoms with E-state index >= 15 is 0 Å². The van der Waals surface area contributed by atoms with Crippen molar-refractivity contribution in [1.82, 2.24) is 9.80 Å². The third kappa shape index (κ3) is 5.27. The normalized spacial score (nSPS) is 14.1. The van der Waals surface area contributed by atoms with Crippen molar-refractivity contribution in [3.05, 3.63) is 77.4 Å². The van der Waals surface area contributed by atoms with Crippen molar-refractivity contribution in [3.8, 4) is 6.07 Å². The Morgan fingerprint density at radius 2 is 1.62 bits per heavy atom. The molecule has 6 heteroatoms. The number of nitrogens with zero attached hydrogens (tertiary/aromatic N) is 4. The number of aryl methyl sites for hydroxylation is 2. The lowest BCUT2D eigenvalue weighted by atomic mass is 10.0. The Bertz CT molecular complexity index is 1210. The SMILES string of the molecule is Cc1cc(C)cc(N(CCC#N)C(=O)CN2CCN(C(=O)c3cccc4ccccc34)CC2)c1. The number of piperazine rings is 1. The number of hydrogen-bond donors (Lipinski definition) is 0. The third-order valence-corrected chi connectivity index (χ3v) is 6.30. The van der Waals surface area contributed by atoms with E-state index in [1.165, 1.54) is 0 Å². The highest BCUT2D eigenvalue weighted by Crippen LogP contribution is 2.22. The lowest BCUT2D eigenvalue weighted by Crippen LogP contribution is -2.51. The summed E-state index contributed by atoms with van der Waals surface area (Å²) in [6.45, 7) is 7.11. The molecule has 0 aliphatic carbocycles. The number of carbonyl (C=O) groups excluding carboxylic acids is 2. The molecule has 0 aromatic heterocycles. The van der Waals surface area contributed by atoms with Gasteiger partial charge in [-0.15, -0.1) is 0 Å². The van der Waals surface area contributed by atoms with Crippen molar-refractivity contribution < 1.29 is 9.59 Å². The number of fused-ring (bicyclic) bond motifs is 1. The Kier molecular flexibility index (Phi) is 7.24. The highest BCUT2D eigenvalue weighted by molar-refractivity contribution is 6.07. The van der Waals surface area contributed by atoms with Crippen molar-refractivity contribution in [1.29, 1.82) is 5.26 Å². The fourth-order valence-electron chi connectivity index (χ4n) is 4.63. The van der Waals surface area contributed by atoms with Gasteiger partial charge in [-0.2, -0.15) is 5.26 Å². The first kappa shape index (κ1) is 23.5. The summed E-state index contributed by atoms with van der Waals surface area (Å²) >= 11 is 0. The number of nitriles is 1. The summed E-state index contributed by atoms with van der Waals surface area (Å²) in [7, 11) is 0. The minimum Gasteiger partial charge on any atom is -0.336 e. The van der Waals surface area contributed by atoms with Gasteiger partial charge in [0, 0.05) is 44.0 Å². The van der Waals surface area contributed by atoms with E-state index < -0.39 is 0 Å². The van der Waals surface area contributed by atoms with Crippen LogP contribution in [0.2, 0.25) is 0 Å². The molecule has 0 saturated carbocycles. The summed E-state index contributed by atoms with van der Waals surface area (Å²) in [6.07, 6.45) is 0.284. The average molecular weight is 455 g/mol. The predicted octanol–water partition coefficient (Wildman–Crippen LogP) is 4.16. The van der Waals surface area contributed by atoms with Crippen LogP contribution in [0.5, 0.6) is 0 Å². The third-order valence-electron chi connectivity index (χ3n) is 6.30. The highest BCUT2D eigenvalue weighted by atomic mass is 16.2. The summed E-state index contributed by atoms with van der Waals surface area (Å²) in [6, 6.07) is 22.0. The number of hydrogen-bond acceptors (Lipinski definition) is 4. The quantitative estimate of drug-likeness (QED) is 0.561. The van der Waals surface area contributed by atoms with Crippen molar-refractivity contribution in [3.63, 3.8) is 0 Å². The number of anilines is 1. The van der Waals surface area contributed by atoms with Gasteiger partial charge in [-0.1, -0.05) is 42.5 Å². The molecule has 0 spiro atoms. The zero-order valence-electron chi connectivity index (χ0n) is 19.8. The van der Waals surface area contributed by atoms with Crippen LogP contribution < -0.4 is 4.90 Å². The molecule has 6 nitrogen and oxygen atoms in total. The number of amides is 2. The first-order valence-electron chi connectivity index (χ1n) is 11.7. The van der Waals surface area contributed by atoms with Crippen LogP contribution in [0.25, 0.3) is 10.8 Å². The molecule has 1 aliphatic heterocycles. The van der Waals surface area contributed by atoms with E-state index in [0.29, 0.717) is 32.7 Å². The maximum atomic E-state index is 13.2. The largest absolute Gasteiger partial charge is 0.336 e. The molecule has 4 rings (SSSR count). The van der Waals surface area contributed by atoms with Crippen LogP contribution in [-0.4, -0.2) is 60.9 Å². The molecule has 1 aliphatic rings. The second kappa shape index (κ2) is 10.5. The summed E-state index contributed by atoms with van der Waals surface area (Å²) in [5.74, 6) is 0.0164. The maximum absolute atomic E-state index is 13.2. The van der Waals surface area contributed by atoms with E-state index in [0.717, 1.165) is 33.2 Å². The average Bonchev–Trinajstić information content (AvgIpc) is 2.83. The minimum atomic E-state index is -0.0194. The van der Waals surface area contributed by atoms with Crippen LogP contribution >= 0.6 is 0 Å². The molecular weight excluding hydrogens is 424 g/mol. The summed E-state index contributed by atoms with van der Waals surface area (Å²) in [5, 5.41) is 11.1. The lowest BCUT2D eigenvalue weighted by Gasteiger charge is -2.35. The maximum Gasteiger partial charge on any atom is 0.254 e. The van der Waals surface area contributed by atoms with Gasteiger partial charge in [0.25, 0.3) is 5.91 Å². The molecule has 0 radical (unpaired) electrons. The fourth-order valence-corrected chi connectivity index (χ4v) is 4.63. The van der Waals surface area contributed by atoms with Crippen molar-refractivity contribution >= 4 is 28.3 Å². The number of carbonyl (C=O) groups is 2. The molecule has 3 aromatic carbocycles. The highest BCUT2D eigenvalue weighted by Gasteiger charge is 2.26. The molecular formula is C28H30N4O2. The molecule has 3 aromatic rings. The van der Waals surface area contributed by atoms with Gasteiger partial charge in [0.05, 0.1) is 19.0 Å². The molecule has 0 bridgehead atoms. The Labute approximate surface area is 201 Å². The molecule has 174 valence electrons. The van der Waals surface area contributed by atoms with Gasteiger partial charge in [-0.3, -0.25) is 14.5 Å². The molecule has 0 N–H and O–H groups in total. The Balaban J connectivity index is 1.41. The second-order valence-electron chi connectivity index (χ2n) is 8.89. The number of benzene rings is 3. The fraction of sp³-hybridized carbons (Fsp3) is 0.321. The van der Waals surface area contributed by atoms with Crippen molar-refractivity contribution in [2.45, 2.75) is 20.3 Å². The van der Waals surface area contributed by atoms with Gasteiger partial charge in [-0.25, -0.2) is 0 Å². The molecule has 1 saturated heterocycles. The standard InChI is InChI=1S/C28H30N4O2/c1-21-17-22(2)19-24(18-21)32(12-6-11-29)27(33)20-30-13-15-31(16-14-30)28(34)26-10-5-8-23-7-3-4-9-25(23)26/h3-5,7-10,17-19H,6,12-16,20H2,1-2H3. The van der Waals surface area contributed by atoms with Crippen molar-refractivity contribution in [2.75, 3.05) is 44.2 Å². The van der Waals surface area contributed by atoms with E-state index in [4.69, 9.17) is 5.26 Å².